The van der Waals surface area contributed by atoms with Gasteiger partial charge in [-0.15, -0.1) is 0 Å². The van der Waals surface area contributed by atoms with Crippen molar-refractivity contribution in [2.45, 2.75) is 45.4 Å². The smallest absolute Gasteiger partial charge is 0.123 e. The van der Waals surface area contributed by atoms with Crippen molar-refractivity contribution in [3.63, 3.8) is 0 Å². The Balaban J connectivity index is 1.88. The summed E-state index contributed by atoms with van der Waals surface area (Å²) >= 11 is 0. The molecular weight excluding hydrogens is 234 g/mol. The van der Waals surface area contributed by atoms with Crippen molar-refractivity contribution in [2.24, 2.45) is 5.92 Å². The van der Waals surface area contributed by atoms with Crippen molar-refractivity contribution in [3.05, 3.63) is 29.8 Å². The van der Waals surface area contributed by atoms with Gasteiger partial charge in [0, 0.05) is 0 Å². The van der Waals surface area contributed by atoms with E-state index in [4.69, 9.17) is 4.74 Å². The van der Waals surface area contributed by atoms with Gasteiger partial charge in [0.05, 0.1) is 6.61 Å². The van der Waals surface area contributed by atoms with E-state index in [9.17, 15) is 0 Å². The summed E-state index contributed by atoms with van der Waals surface area (Å²) in [4.78, 5) is 0. The van der Waals surface area contributed by atoms with Crippen LogP contribution in [-0.4, -0.2) is 19.7 Å². The van der Waals surface area contributed by atoms with Crippen molar-refractivity contribution < 1.29 is 4.74 Å². The van der Waals surface area contributed by atoms with Crippen LogP contribution in [0.5, 0.6) is 5.75 Å². The van der Waals surface area contributed by atoms with E-state index in [0.29, 0.717) is 0 Å². The van der Waals surface area contributed by atoms with Crippen LogP contribution in [0.4, 0.5) is 0 Å². The standard InChI is InChI=1S/C17H27NO/c1-17(2,3)15-6-4-5-7-16(15)19-13-10-14-8-11-18-12-9-14/h4-7,14,18H,8-13H2,1-3H3. The molecule has 0 amide bonds. The minimum Gasteiger partial charge on any atom is -0.493 e. The molecule has 1 aromatic rings. The third-order valence-electron chi connectivity index (χ3n) is 3.94. The monoisotopic (exact) mass is 261 g/mol. The molecule has 1 aliphatic rings. The molecule has 1 aromatic carbocycles. The van der Waals surface area contributed by atoms with Crippen LogP contribution in [0.25, 0.3) is 0 Å². The Hall–Kier alpha value is -1.02. The van der Waals surface area contributed by atoms with Gasteiger partial charge < -0.3 is 10.1 Å². The summed E-state index contributed by atoms with van der Waals surface area (Å²) < 4.78 is 6.05. The largest absolute Gasteiger partial charge is 0.493 e. The lowest BCUT2D eigenvalue weighted by Gasteiger charge is -2.25. The van der Waals surface area contributed by atoms with Gasteiger partial charge in [-0.25, -0.2) is 0 Å². The third kappa shape index (κ3) is 4.24. The molecule has 0 radical (unpaired) electrons. The Morgan fingerprint density at radius 1 is 1.16 bits per heavy atom. The highest BCUT2D eigenvalue weighted by molar-refractivity contribution is 5.38. The SMILES string of the molecule is CC(C)(C)c1ccccc1OCCC1CCNCC1. The van der Waals surface area contributed by atoms with Crippen LogP contribution in [-0.2, 0) is 5.41 Å². The number of hydrogen-bond donors (Lipinski definition) is 1. The first-order chi connectivity index (χ1) is 9.07. The number of rotatable bonds is 4. The Kier molecular flexibility index (Phi) is 4.87. The molecule has 0 spiro atoms. The van der Waals surface area contributed by atoms with E-state index in [1.807, 2.05) is 0 Å². The quantitative estimate of drug-likeness (QED) is 0.891. The van der Waals surface area contributed by atoms with E-state index in [-0.39, 0.29) is 5.41 Å². The fourth-order valence-electron chi connectivity index (χ4n) is 2.72. The average molecular weight is 261 g/mol. The maximum atomic E-state index is 6.05. The number of hydrogen-bond acceptors (Lipinski definition) is 2. The Labute approximate surface area is 117 Å². The Morgan fingerprint density at radius 2 is 1.84 bits per heavy atom. The van der Waals surface area contributed by atoms with Crippen LogP contribution in [0.1, 0.15) is 45.6 Å². The van der Waals surface area contributed by atoms with E-state index in [2.05, 4.69) is 50.4 Å². The first-order valence-corrected chi connectivity index (χ1v) is 7.50. The van der Waals surface area contributed by atoms with Gasteiger partial charge in [0.15, 0.2) is 0 Å². The fraction of sp³-hybridized carbons (Fsp3) is 0.647. The molecule has 1 saturated heterocycles. The van der Waals surface area contributed by atoms with E-state index in [1.165, 1.54) is 37.9 Å². The normalized spacial score (nSPS) is 17.4. The predicted octanol–water partition coefficient (Wildman–Crippen LogP) is 3.75. The highest BCUT2D eigenvalue weighted by atomic mass is 16.5. The fourth-order valence-corrected chi connectivity index (χ4v) is 2.72. The second kappa shape index (κ2) is 6.42. The summed E-state index contributed by atoms with van der Waals surface area (Å²) in [6, 6.07) is 8.44. The molecule has 1 heterocycles. The van der Waals surface area contributed by atoms with Gasteiger partial charge in [-0.3, -0.25) is 0 Å². The molecule has 1 fully saturated rings. The second-order valence-corrected chi connectivity index (χ2v) is 6.58. The summed E-state index contributed by atoms with van der Waals surface area (Å²) in [5, 5.41) is 3.41. The zero-order valence-corrected chi connectivity index (χ0v) is 12.5. The van der Waals surface area contributed by atoms with Gasteiger partial charge >= 0.3 is 0 Å². The van der Waals surface area contributed by atoms with Crippen LogP contribution in [0.2, 0.25) is 0 Å². The molecule has 0 aromatic heterocycles. The number of nitrogens with one attached hydrogen (secondary N) is 1. The molecule has 19 heavy (non-hydrogen) atoms. The number of para-hydroxylation sites is 1. The molecule has 106 valence electrons. The van der Waals surface area contributed by atoms with Crippen molar-refractivity contribution in [2.75, 3.05) is 19.7 Å². The predicted molar refractivity (Wildman–Crippen MR) is 80.8 cm³/mol. The lowest BCUT2D eigenvalue weighted by molar-refractivity contribution is 0.248. The van der Waals surface area contributed by atoms with Crippen LogP contribution in [0.15, 0.2) is 24.3 Å². The summed E-state index contributed by atoms with van der Waals surface area (Å²) in [7, 11) is 0. The van der Waals surface area contributed by atoms with Gasteiger partial charge in [-0.2, -0.15) is 0 Å². The van der Waals surface area contributed by atoms with Crippen molar-refractivity contribution >= 4 is 0 Å². The third-order valence-corrected chi connectivity index (χ3v) is 3.94. The van der Waals surface area contributed by atoms with E-state index in [1.54, 1.807) is 0 Å². The maximum absolute atomic E-state index is 6.05. The minimum absolute atomic E-state index is 0.144. The average Bonchev–Trinajstić information content (AvgIpc) is 2.39. The Bertz CT molecular complexity index is 388. The molecule has 0 atom stereocenters. The zero-order chi connectivity index (χ0) is 13.7. The molecule has 0 aliphatic carbocycles. The minimum atomic E-state index is 0.144. The molecular formula is C17H27NO. The molecule has 1 aliphatic heterocycles. The Morgan fingerprint density at radius 3 is 2.53 bits per heavy atom. The first-order valence-electron chi connectivity index (χ1n) is 7.50. The van der Waals surface area contributed by atoms with Crippen LogP contribution < -0.4 is 10.1 Å². The van der Waals surface area contributed by atoms with E-state index < -0.39 is 0 Å². The van der Waals surface area contributed by atoms with Gasteiger partial charge in [-0.1, -0.05) is 39.0 Å². The van der Waals surface area contributed by atoms with E-state index >= 15 is 0 Å². The summed E-state index contributed by atoms with van der Waals surface area (Å²) in [6.07, 6.45) is 3.77. The molecule has 2 nitrogen and oxygen atoms in total. The molecule has 0 bridgehead atoms. The van der Waals surface area contributed by atoms with Crippen LogP contribution >= 0.6 is 0 Å². The summed E-state index contributed by atoms with van der Waals surface area (Å²) in [6.45, 7) is 9.90. The molecule has 0 saturated carbocycles. The van der Waals surface area contributed by atoms with E-state index in [0.717, 1.165) is 18.3 Å². The van der Waals surface area contributed by atoms with Gasteiger partial charge in [0.1, 0.15) is 5.75 Å². The molecule has 1 N–H and O–H groups in total. The van der Waals surface area contributed by atoms with Crippen LogP contribution in [0, 0.1) is 5.92 Å². The lowest BCUT2D eigenvalue weighted by Crippen LogP contribution is -2.28. The van der Waals surface area contributed by atoms with Crippen molar-refractivity contribution in [3.8, 4) is 5.75 Å². The highest BCUT2D eigenvalue weighted by Gasteiger charge is 2.19. The summed E-state index contributed by atoms with van der Waals surface area (Å²) in [5.74, 6) is 1.90. The van der Waals surface area contributed by atoms with Crippen molar-refractivity contribution in [1.29, 1.82) is 0 Å². The number of piperidine rings is 1. The van der Waals surface area contributed by atoms with Crippen molar-refractivity contribution in [1.82, 2.24) is 5.32 Å². The first kappa shape index (κ1) is 14.4. The second-order valence-electron chi connectivity index (χ2n) is 6.58. The zero-order valence-electron chi connectivity index (χ0n) is 12.5. The number of ether oxygens (including phenoxy) is 1. The molecule has 2 rings (SSSR count). The van der Waals surface area contributed by atoms with Crippen LogP contribution in [0.3, 0.4) is 0 Å². The van der Waals surface area contributed by atoms with Gasteiger partial charge in [0.25, 0.3) is 0 Å². The highest BCUT2D eigenvalue weighted by Crippen LogP contribution is 2.31. The maximum Gasteiger partial charge on any atom is 0.123 e. The lowest BCUT2D eigenvalue weighted by atomic mass is 9.86. The number of benzene rings is 1. The van der Waals surface area contributed by atoms with Gasteiger partial charge in [-0.05, 0) is 55.3 Å². The summed E-state index contributed by atoms with van der Waals surface area (Å²) in [5.41, 5.74) is 1.45. The molecule has 2 heteroatoms. The topological polar surface area (TPSA) is 21.3 Å². The molecule has 0 unspecified atom stereocenters. The van der Waals surface area contributed by atoms with Gasteiger partial charge in [0.2, 0.25) is 0 Å².